The third-order valence-corrected chi connectivity index (χ3v) is 2.29. The molecule has 1 aliphatic heterocycles. The Morgan fingerprint density at radius 2 is 1.53 bits per heavy atom. The molecule has 1 amide bonds. The molecule has 1 heterocycles. The zero-order valence-electron chi connectivity index (χ0n) is 9.84. The van der Waals surface area contributed by atoms with Crippen LogP contribution in [-0.2, 0) is 14.3 Å². The molecular weight excluding hydrogens is 230 g/mol. The number of aliphatic carboxylic acids is 2. The molecule has 7 nitrogen and oxygen atoms in total. The smallest absolute Gasteiger partial charge is 0.411 e. The molecule has 1 rings (SSSR count). The van der Waals surface area contributed by atoms with Gasteiger partial charge in [-0.25, -0.2) is 14.4 Å². The number of amides is 1. The Balaban J connectivity index is 2.79. The molecule has 0 aromatic carbocycles. The third-order valence-electron chi connectivity index (χ3n) is 2.29. The predicted molar refractivity (Wildman–Crippen MR) is 55.5 cm³/mol. The van der Waals surface area contributed by atoms with E-state index >= 15 is 0 Å². The normalized spacial score (nSPS) is 23.8. The standard InChI is InChI=1S/C10H15NO6/c1-10(2,3)17-9(16)11-5(7(12)13)4-6(11)8(14)15/h5-6H,4H2,1-3H3,(H,12,13)(H,14,15)/t5-,6+. The number of rotatable bonds is 2. The quantitative estimate of drug-likeness (QED) is 0.735. The molecule has 7 heteroatoms. The molecule has 17 heavy (non-hydrogen) atoms. The molecule has 0 bridgehead atoms. The average molecular weight is 245 g/mol. The molecule has 1 fully saturated rings. The monoisotopic (exact) mass is 245 g/mol. The van der Waals surface area contributed by atoms with Crippen LogP contribution in [-0.4, -0.2) is 50.8 Å². The summed E-state index contributed by atoms with van der Waals surface area (Å²) in [6, 6.07) is -2.24. The second kappa shape index (κ2) is 4.23. The van der Waals surface area contributed by atoms with Gasteiger partial charge in [-0.3, -0.25) is 4.90 Å². The van der Waals surface area contributed by atoms with E-state index in [-0.39, 0.29) is 6.42 Å². The van der Waals surface area contributed by atoms with E-state index in [1.54, 1.807) is 20.8 Å². The summed E-state index contributed by atoms with van der Waals surface area (Å²) in [6.07, 6.45) is -1.01. The molecule has 0 aromatic heterocycles. The maximum atomic E-state index is 11.6. The Morgan fingerprint density at radius 3 is 1.82 bits per heavy atom. The molecule has 2 N–H and O–H groups in total. The molecule has 0 aromatic rings. The van der Waals surface area contributed by atoms with Crippen molar-refractivity contribution in [3.8, 4) is 0 Å². The number of hydrogen-bond donors (Lipinski definition) is 2. The van der Waals surface area contributed by atoms with Crippen LogP contribution in [0.4, 0.5) is 4.79 Å². The Labute approximate surface area is 98.0 Å². The van der Waals surface area contributed by atoms with Crippen LogP contribution >= 0.6 is 0 Å². The van der Waals surface area contributed by atoms with Gasteiger partial charge in [0.15, 0.2) is 0 Å². The van der Waals surface area contributed by atoms with Gasteiger partial charge in [0.2, 0.25) is 0 Å². The summed E-state index contributed by atoms with van der Waals surface area (Å²) in [5, 5.41) is 17.6. The molecule has 0 saturated carbocycles. The second-order valence-electron chi connectivity index (χ2n) is 4.83. The first-order chi connectivity index (χ1) is 7.63. The van der Waals surface area contributed by atoms with Gasteiger partial charge in [-0.05, 0) is 20.8 Å². The van der Waals surface area contributed by atoms with Crippen molar-refractivity contribution in [2.45, 2.75) is 44.9 Å². The highest BCUT2D eigenvalue weighted by Gasteiger charge is 2.51. The van der Waals surface area contributed by atoms with E-state index in [2.05, 4.69) is 0 Å². The summed E-state index contributed by atoms with van der Waals surface area (Å²) in [4.78, 5) is 34.0. The molecule has 0 aliphatic carbocycles. The molecule has 2 atom stereocenters. The Kier molecular flexibility index (Phi) is 3.30. The van der Waals surface area contributed by atoms with Crippen LogP contribution < -0.4 is 0 Å². The average Bonchev–Trinajstić information content (AvgIpc) is 1.94. The van der Waals surface area contributed by atoms with Crippen LogP contribution in [0.2, 0.25) is 0 Å². The van der Waals surface area contributed by atoms with Gasteiger partial charge in [0.25, 0.3) is 0 Å². The number of carbonyl (C=O) groups excluding carboxylic acids is 1. The van der Waals surface area contributed by atoms with E-state index < -0.39 is 35.7 Å². The van der Waals surface area contributed by atoms with E-state index in [0.29, 0.717) is 0 Å². The van der Waals surface area contributed by atoms with Gasteiger partial charge in [0.1, 0.15) is 17.7 Å². The fourth-order valence-electron chi connectivity index (χ4n) is 1.53. The Bertz CT molecular complexity index is 338. The summed E-state index contributed by atoms with van der Waals surface area (Å²) >= 11 is 0. The van der Waals surface area contributed by atoms with Gasteiger partial charge in [-0.2, -0.15) is 0 Å². The number of carbonyl (C=O) groups is 3. The van der Waals surface area contributed by atoms with Crippen molar-refractivity contribution < 1.29 is 29.3 Å². The largest absolute Gasteiger partial charge is 0.480 e. The minimum absolute atomic E-state index is 0.0933. The van der Waals surface area contributed by atoms with E-state index in [1.165, 1.54) is 0 Å². The summed E-state index contributed by atoms with van der Waals surface area (Å²) in [6.45, 7) is 4.86. The van der Waals surface area contributed by atoms with Crippen LogP contribution in [0.3, 0.4) is 0 Å². The number of carboxylic acid groups (broad SMARTS) is 2. The van der Waals surface area contributed by atoms with E-state index in [9.17, 15) is 14.4 Å². The fourth-order valence-corrected chi connectivity index (χ4v) is 1.53. The maximum Gasteiger partial charge on any atom is 0.411 e. The lowest BCUT2D eigenvalue weighted by atomic mass is 9.93. The number of hydrogen-bond acceptors (Lipinski definition) is 4. The van der Waals surface area contributed by atoms with Gasteiger partial charge in [-0.1, -0.05) is 0 Å². The number of ether oxygens (including phenoxy) is 1. The first kappa shape index (κ1) is 13.3. The van der Waals surface area contributed by atoms with Crippen molar-refractivity contribution in [1.29, 1.82) is 0 Å². The summed E-state index contributed by atoms with van der Waals surface area (Å²) in [5.41, 5.74) is -0.793. The highest BCUT2D eigenvalue weighted by molar-refractivity contribution is 5.89. The van der Waals surface area contributed by atoms with Crippen LogP contribution in [0.1, 0.15) is 27.2 Å². The van der Waals surface area contributed by atoms with Crippen molar-refractivity contribution in [2.75, 3.05) is 0 Å². The third kappa shape index (κ3) is 2.86. The SMILES string of the molecule is CC(C)(C)OC(=O)N1[C@@H](C(=O)O)C[C@H]1C(=O)O. The van der Waals surface area contributed by atoms with Crippen LogP contribution in [0.15, 0.2) is 0 Å². The molecular formula is C10H15NO6. The minimum Gasteiger partial charge on any atom is -0.480 e. The zero-order chi connectivity index (χ0) is 13.4. The van der Waals surface area contributed by atoms with Crippen LogP contribution in [0.5, 0.6) is 0 Å². The topological polar surface area (TPSA) is 104 Å². The summed E-state index contributed by atoms with van der Waals surface area (Å²) in [7, 11) is 0. The molecule has 1 saturated heterocycles. The molecule has 96 valence electrons. The minimum atomic E-state index is -1.23. The summed E-state index contributed by atoms with van der Waals surface area (Å²) in [5.74, 6) is -2.46. The van der Waals surface area contributed by atoms with Gasteiger partial charge >= 0.3 is 18.0 Å². The highest BCUT2D eigenvalue weighted by Crippen LogP contribution is 2.28. The Hall–Kier alpha value is -1.79. The van der Waals surface area contributed by atoms with Crippen molar-refractivity contribution in [1.82, 2.24) is 4.90 Å². The van der Waals surface area contributed by atoms with Gasteiger partial charge in [0.05, 0.1) is 0 Å². The van der Waals surface area contributed by atoms with Crippen molar-refractivity contribution in [2.24, 2.45) is 0 Å². The predicted octanol–water partition coefficient (Wildman–Crippen LogP) is 0.534. The molecule has 1 aliphatic rings. The first-order valence-electron chi connectivity index (χ1n) is 5.10. The van der Waals surface area contributed by atoms with E-state index in [1.807, 2.05) is 0 Å². The van der Waals surface area contributed by atoms with Crippen molar-refractivity contribution in [3.63, 3.8) is 0 Å². The van der Waals surface area contributed by atoms with Crippen LogP contribution in [0.25, 0.3) is 0 Å². The zero-order valence-corrected chi connectivity index (χ0v) is 9.84. The van der Waals surface area contributed by atoms with Crippen molar-refractivity contribution >= 4 is 18.0 Å². The first-order valence-corrected chi connectivity index (χ1v) is 5.10. The van der Waals surface area contributed by atoms with E-state index in [0.717, 1.165) is 4.90 Å². The number of carboxylic acids is 2. The lowest BCUT2D eigenvalue weighted by Gasteiger charge is -2.43. The fraction of sp³-hybridized carbons (Fsp3) is 0.700. The van der Waals surface area contributed by atoms with Crippen LogP contribution in [0, 0.1) is 0 Å². The van der Waals surface area contributed by atoms with E-state index in [4.69, 9.17) is 14.9 Å². The van der Waals surface area contributed by atoms with Gasteiger partial charge in [-0.15, -0.1) is 0 Å². The molecule has 0 unspecified atom stereocenters. The van der Waals surface area contributed by atoms with Crippen molar-refractivity contribution in [3.05, 3.63) is 0 Å². The maximum absolute atomic E-state index is 11.6. The van der Waals surface area contributed by atoms with Gasteiger partial charge < -0.3 is 14.9 Å². The number of nitrogens with zero attached hydrogens (tertiary/aromatic N) is 1. The lowest BCUT2D eigenvalue weighted by molar-refractivity contribution is -0.161. The summed E-state index contributed by atoms with van der Waals surface area (Å²) < 4.78 is 4.96. The van der Waals surface area contributed by atoms with Gasteiger partial charge in [0, 0.05) is 6.42 Å². The second-order valence-corrected chi connectivity index (χ2v) is 4.83. The number of likely N-dealkylation sites (tertiary alicyclic amines) is 1. The molecule has 0 spiro atoms. The highest BCUT2D eigenvalue weighted by atomic mass is 16.6. The Morgan fingerprint density at radius 1 is 1.12 bits per heavy atom. The molecule has 0 radical (unpaired) electrons. The lowest BCUT2D eigenvalue weighted by Crippen LogP contribution is -2.65.